The highest BCUT2D eigenvalue weighted by molar-refractivity contribution is 7.89. The summed E-state index contributed by atoms with van der Waals surface area (Å²) in [7, 11) is -2.00. The van der Waals surface area contributed by atoms with Gasteiger partial charge in [-0.25, -0.2) is 13.6 Å². The van der Waals surface area contributed by atoms with E-state index in [4.69, 9.17) is 15.6 Å². The Balaban J connectivity index is 2.10. The molecule has 0 saturated heterocycles. The zero-order valence-electron chi connectivity index (χ0n) is 10.8. The maximum Gasteiger partial charge on any atom is 0.238 e. The van der Waals surface area contributed by atoms with Crippen LogP contribution in [0.1, 0.15) is 19.3 Å². The molecule has 0 heterocycles. The molecule has 1 aliphatic rings. The van der Waals surface area contributed by atoms with Gasteiger partial charge in [0.2, 0.25) is 10.0 Å². The Kier molecular flexibility index (Phi) is 3.98. The van der Waals surface area contributed by atoms with Gasteiger partial charge in [0.05, 0.1) is 22.4 Å². The van der Waals surface area contributed by atoms with E-state index in [9.17, 15) is 8.42 Å². The number of nitrogens with two attached hydrogens (primary N) is 2. The third-order valence-corrected chi connectivity index (χ3v) is 4.34. The maximum absolute atomic E-state index is 11.2. The largest absolute Gasteiger partial charge is 0.397 e. The average Bonchev–Trinajstić information content (AvgIpc) is 2.78. The minimum atomic E-state index is -3.71. The first-order valence-electron chi connectivity index (χ1n) is 6.12. The van der Waals surface area contributed by atoms with Crippen molar-refractivity contribution in [3.05, 3.63) is 18.2 Å². The summed E-state index contributed by atoms with van der Waals surface area (Å²) in [6.07, 6.45) is 3.23. The van der Waals surface area contributed by atoms with Gasteiger partial charge in [-0.2, -0.15) is 0 Å². The minimum Gasteiger partial charge on any atom is -0.397 e. The van der Waals surface area contributed by atoms with Crippen molar-refractivity contribution in [3.8, 4) is 0 Å². The molecule has 1 aromatic rings. The Hall–Kier alpha value is -1.31. The summed E-state index contributed by atoms with van der Waals surface area (Å²) in [5.41, 5.74) is 6.96. The number of primary sulfonamides is 1. The first-order valence-corrected chi connectivity index (χ1v) is 7.66. The average molecular weight is 285 g/mol. The first kappa shape index (κ1) is 14.1. The summed E-state index contributed by atoms with van der Waals surface area (Å²) < 4.78 is 27.7. The number of ether oxygens (including phenoxy) is 1. The summed E-state index contributed by atoms with van der Waals surface area (Å²) in [5, 5.41) is 8.37. The molecular weight excluding hydrogens is 266 g/mol. The van der Waals surface area contributed by atoms with Crippen LogP contribution in [-0.4, -0.2) is 27.7 Å². The normalized spacial score (nSPS) is 23.5. The lowest BCUT2D eigenvalue weighted by atomic mass is 10.2. The van der Waals surface area contributed by atoms with Crippen LogP contribution in [0.5, 0.6) is 0 Å². The fourth-order valence-electron chi connectivity index (χ4n) is 2.35. The van der Waals surface area contributed by atoms with E-state index in [1.54, 1.807) is 13.2 Å². The molecule has 0 aromatic heterocycles. The number of sulfonamides is 1. The molecule has 2 rings (SSSR count). The fourth-order valence-corrected chi connectivity index (χ4v) is 2.90. The van der Waals surface area contributed by atoms with Crippen molar-refractivity contribution >= 4 is 21.4 Å². The van der Waals surface area contributed by atoms with E-state index in [0.717, 1.165) is 24.9 Å². The van der Waals surface area contributed by atoms with E-state index in [-0.39, 0.29) is 11.0 Å². The molecule has 0 aliphatic heterocycles. The van der Waals surface area contributed by atoms with Gasteiger partial charge in [0.1, 0.15) is 0 Å². The number of nitrogen functional groups attached to an aromatic ring is 1. The molecule has 1 aliphatic carbocycles. The molecule has 1 fully saturated rings. The van der Waals surface area contributed by atoms with Gasteiger partial charge < -0.3 is 15.8 Å². The number of methoxy groups -OCH3 is 1. The zero-order chi connectivity index (χ0) is 14.0. The molecule has 0 radical (unpaired) electrons. The highest BCUT2D eigenvalue weighted by Gasteiger charge is 2.24. The molecule has 0 amide bonds. The van der Waals surface area contributed by atoms with Crippen molar-refractivity contribution in [2.24, 2.45) is 5.14 Å². The summed E-state index contributed by atoms with van der Waals surface area (Å²) in [6.45, 7) is 0. The van der Waals surface area contributed by atoms with Crippen LogP contribution < -0.4 is 16.2 Å². The second-order valence-corrected chi connectivity index (χ2v) is 6.37. The van der Waals surface area contributed by atoms with E-state index in [2.05, 4.69) is 5.32 Å². The van der Waals surface area contributed by atoms with Crippen LogP contribution in [0, 0.1) is 0 Å². The third kappa shape index (κ3) is 3.37. The topological polar surface area (TPSA) is 107 Å². The Morgan fingerprint density at radius 1 is 1.37 bits per heavy atom. The molecular formula is C12H19N3O3S. The van der Waals surface area contributed by atoms with Crippen LogP contribution in [0.25, 0.3) is 0 Å². The van der Waals surface area contributed by atoms with Gasteiger partial charge >= 0.3 is 0 Å². The van der Waals surface area contributed by atoms with Crippen molar-refractivity contribution in [2.45, 2.75) is 36.3 Å². The van der Waals surface area contributed by atoms with Gasteiger partial charge in [0.15, 0.2) is 0 Å². The van der Waals surface area contributed by atoms with Crippen LogP contribution in [0.15, 0.2) is 23.1 Å². The van der Waals surface area contributed by atoms with Gasteiger partial charge in [0.25, 0.3) is 0 Å². The maximum atomic E-state index is 11.2. The summed E-state index contributed by atoms with van der Waals surface area (Å²) in [6, 6.07) is 4.78. The molecule has 0 bridgehead atoms. The summed E-state index contributed by atoms with van der Waals surface area (Å²) >= 11 is 0. The van der Waals surface area contributed by atoms with Gasteiger partial charge in [-0.05, 0) is 37.5 Å². The lowest BCUT2D eigenvalue weighted by molar-refractivity contribution is 0.108. The highest BCUT2D eigenvalue weighted by Crippen LogP contribution is 2.28. The molecule has 0 spiro atoms. The molecule has 1 saturated carbocycles. The van der Waals surface area contributed by atoms with Crippen LogP contribution in [0.4, 0.5) is 11.4 Å². The fraction of sp³-hybridized carbons (Fsp3) is 0.500. The monoisotopic (exact) mass is 285 g/mol. The number of nitrogens with one attached hydrogen (secondary N) is 1. The predicted molar refractivity (Wildman–Crippen MR) is 74.3 cm³/mol. The van der Waals surface area contributed by atoms with E-state index in [1.807, 2.05) is 0 Å². The lowest BCUT2D eigenvalue weighted by Gasteiger charge is -2.16. The molecule has 7 heteroatoms. The van der Waals surface area contributed by atoms with Gasteiger partial charge in [-0.1, -0.05) is 0 Å². The van der Waals surface area contributed by atoms with E-state index < -0.39 is 10.0 Å². The van der Waals surface area contributed by atoms with Gasteiger partial charge in [-0.3, -0.25) is 0 Å². The second kappa shape index (κ2) is 5.36. The number of rotatable bonds is 4. The van der Waals surface area contributed by atoms with Crippen LogP contribution in [-0.2, 0) is 14.8 Å². The van der Waals surface area contributed by atoms with Gasteiger partial charge in [-0.15, -0.1) is 0 Å². The number of benzene rings is 1. The molecule has 19 heavy (non-hydrogen) atoms. The van der Waals surface area contributed by atoms with Crippen molar-refractivity contribution in [1.82, 2.24) is 0 Å². The Morgan fingerprint density at radius 3 is 2.63 bits per heavy atom. The molecule has 5 N–H and O–H groups in total. The van der Waals surface area contributed by atoms with Crippen molar-refractivity contribution < 1.29 is 13.2 Å². The Labute approximate surface area is 113 Å². The van der Waals surface area contributed by atoms with Crippen LogP contribution in [0.2, 0.25) is 0 Å². The first-order chi connectivity index (χ1) is 8.90. The summed E-state index contributed by atoms with van der Waals surface area (Å²) in [4.78, 5) is 0.0248. The molecule has 2 atom stereocenters. The second-order valence-electron chi connectivity index (χ2n) is 4.81. The van der Waals surface area contributed by atoms with Crippen molar-refractivity contribution in [3.63, 3.8) is 0 Å². The summed E-state index contributed by atoms with van der Waals surface area (Å²) in [5.74, 6) is 0. The van der Waals surface area contributed by atoms with E-state index in [1.165, 1.54) is 12.1 Å². The SMILES string of the molecule is COC1CCC(Nc2ccc(S(N)(=O)=O)cc2N)C1. The minimum absolute atomic E-state index is 0.0248. The highest BCUT2D eigenvalue weighted by atomic mass is 32.2. The number of hydrogen-bond acceptors (Lipinski definition) is 5. The predicted octanol–water partition coefficient (Wildman–Crippen LogP) is 0.896. The van der Waals surface area contributed by atoms with Crippen LogP contribution in [0.3, 0.4) is 0 Å². The molecule has 1 aromatic carbocycles. The number of anilines is 2. The quantitative estimate of drug-likeness (QED) is 0.712. The molecule has 2 unspecified atom stereocenters. The lowest BCUT2D eigenvalue weighted by Crippen LogP contribution is -2.18. The third-order valence-electron chi connectivity index (χ3n) is 3.43. The smallest absolute Gasteiger partial charge is 0.238 e. The van der Waals surface area contributed by atoms with E-state index in [0.29, 0.717) is 11.7 Å². The van der Waals surface area contributed by atoms with Crippen molar-refractivity contribution in [2.75, 3.05) is 18.2 Å². The Morgan fingerprint density at radius 2 is 2.11 bits per heavy atom. The molecule has 106 valence electrons. The standard InChI is InChI=1S/C12H19N3O3S/c1-18-9-3-2-8(6-9)15-12-5-4-10(7-11(12)13)19(14,16)17/h4-5,7-9,15H,2-3,6,13H2,1H3,(H2,14,16,17). The number of hydrogen-bond donors (Lipinski definition) is 3. The van der Waals surface area contributed by atoms with Crippen LogP contribution >= 0.6 is 0 Å². The van der Waals surface area contributed by atoms with E-state index >= 15 is 0 Å². The zero-order valence-corrected chi connectivity index (χ0v) is 11.6. The van der Waals surface area contributed by atoms with Crippen molar-refractivity contribution in [1.29, 1.82) is 0 Å². The Bertz CT molecular complexity index is 559. The van der Waals surface area contributed by atoms with Gasteiger partial charge in [0, 0.05) is 13.2 Å². The molecule has 6 nitrogen and oxygen atoms in total.